The molecule has 6 nitrogen and oxygen atoms in total. The minimum absolute atomic E-state index is 0.183. The second kappa shape index (κ2) is 9.01. The van der Waals surface area contributed by atoms with Gasteiger partial charge in [0.1, 0.15) is 4.88 Å². The molecule has 7 heteroatoms. The summed E-state index contributed by atoms with van der Waals surface area (Å²) in [6.07, 6.45) is 4.29. The van der Waals surface area contributed by atoms with Crippen LogP contribution in [-0.4, -0.2) is 30.9 Å². The summed E-state index contributed by atoms with van der Waals surface area (Å²) in [6.45, 7) is 3.22. The molecular formula is C21H24N2O4S. The summed E-state index contributed by atoms with van der Waals surface area (Å²) < 4.78 is 5.08. The topological polar surface area (TPSA) is 84.5 Å². The van der Waals surface area contributed by atoms with E-state index in [-0.39, 0.29) is 12.5 Å². The number of hydrogen-bond acceptors (Lipinski definition) is 5. The first kappa shape index (κ1) is 20.1. The highest BCUT2D eigenvalue weighted by Gasteiger charge is 2.19. The number of hydrogen-bond donors (Lipinski definition) is 2. The summed E-state index contributed by atoms with van der Waals surface area (Å²) in [6, 6.07) is 7.60. The Morgan fingerprint density at radius 2 is 1.79 bits per heavy atom. The fourth-order valence-corrected chi connectivity index (χ4v) is 4.37. The zero-order valence-corrected chi connectivity index (χ0v) is 16.9. The first-order chi connectivity index (χ1) is 13.4. The van der Waals surface area contributed by atoms with Crippen molar-refractivity contribution in [2.24, 2.45) is 0 Å². The van der Waals surface area contributed by atoms with Gasteiger partial charge in [-0.05, 0) is 62.3 Å². The van der Waals surface area contributed by atoms with Crippen LogP contribution in [0.2, 0.25) is 0 Å². The predicted molar refractivity (Wildman–Crippen MR) is 109 cm³/mol. The van der Waals surface area contributed by atoms with Crippen molar-refractivity contribution in [2.45, 2.75) is 39.5 Å². The Morgan fingerprint density at radius 1 is 1.07 bits per heavy atom. The lowest BCUT2D eigenvalue weighted by molar-refractivity contribution is -0.126. The molecule has 0 saturated carbocycles. The number of rotatable bonds is 6. The van der Waals surface area contributed by atoms with Gasteiger partial charge in [-0.25, -0.2) is 4.79 Å². The monoisotopic (exact) mass is 400 g/mol. The van der Waals surface area contributed by atoms with E-state index < -0.39 is 18.5 Å². The quantitative estimate of drug-likeness (QED) is 0.730. The number of anilines is 1. The van der Waals surface area contributed by atoms with Crippen molar-refractivity contribution in [3.05, 3.63) is 50.7 Å². The molecule has 0 bridgehead atoms. The van der Waals surface area contributed by atoms with E-state index in [0.29, 0.717) is 4.88 Å². The highest BCUT2D eigenvalue weighted by atomic mass is 32.1. The van der Waals surface area contributed by atoms with Gasteiger partial charge in [0.25, 0.3) is 5.91 Å². The number of aryl methyl sites for hydroxylation is 4. The van der Waals surface area contributed by atoms with Crippen molar-refractivity contribution in [1.29, 1.82) is 0 Å². The van der Waals surface area contributed by atoms with Crippen LogP contribution in [0.3, 0.4) is 0 Å². The van der Waals surface area contributed by atoms with E-state index in [2.05, 4.69) is 10.6 Å². The normalized spacial score (nSPS) is 12.8. The van der Waals surface area contributed by atoms with E-state index in [1.807, 2.05) is 38.1 Å². The summed E-state index contributed by atoms with van der Waals surface area (Å²) in [5.41, 5.74) is 3.87. The van der Waals surface area contributed by atoms with E-state index >= 15 is 0 Å². The summed E-state index contributed by atoms with van der Waals surface area (Å²) in [5, 5.41) is 5.27. The van der Waals surface area contributed by atoms with Crippen molar-refractivity contribution in [3.8, 4) is 0 Å². The highest BCUT2D eigenvalue weighted by molar-refractivity contribution is 7.14. The number of thiophene rings is 1. The lowest BCUT2D eigenvalue weighted by Gasteiger charge is -2.12. The smallest absolute Gasteiger partial charge is 0.348 e. The van der Waals surface area contributed by atoms with Gasteiger partial charge >= 0.3 is 5.97 Å². The molecule has 0 radical (unpaired) electrons. The summed E-state index contributed by atoms with van der Waals surface area (Å²) in [4.78, 5) is 37.9. The molecule has 0 fully saturated rings. The molecule has 1 heterocycles. The van der Waals surface area contributed by atoms with E-state index in [0.717, 1.165) is 42.5 Å². The lowest BCUT2D eigenvalue weighted by atomic mass is 9.99. The van der Waals surface area contributed by atoms with Crippen LogP contribution >= 0.6 is 11.3 Å². The average Bonchev–Trinajstić information content (AvgIpc) is 3.12. The minimum Gasteiger partial charge on any atom is -0.451 e. The van der Waals surface area contributed by atoms with Gasteiger partial charge in [0.2, 0.25) is 5.91 Å². The van der Waals surface area contributed by atoms with Crippen molar-refractivity contribution < 1.29 is 19.1 Å². The summed E-state index contributed by atoms with van der Waals surface area (Å²) in [7, 11) is 0. The molecule has 0 unspecified atom stereocenters. The molecule has 0 saturated heterocycles. The van der Waals surface area contributed by atoms with Crippen molar-refractivity contribution >= 4 is 34.8 Å². The fourth-order valence-electron chi connectivity index (χ4n) is 3.22. The van der Waals surface area contributed by atoms with Gasteiger partial charge in [-0.1, -0.05) is 18.2 Å². The van der Waals surface area contributed by atoms with Crippen LogP contribution in [0.15, 0.2) is 24.3 Å². The van der Waals surface area contributed by atoms with Gasteiger partial charge in [-0.2, -0.15) is 0 Å². The molecule has 0 aliphatic heterocycles. The number of nitrogens with one attached hydrogen (secondary N) is 2. The molecular weight excluding hydrogens is 376 g/mol. The maximum Gasteiger partial charge on any atom is 0.348 e. The Labute approximate surface area is 168 Å². The Hall–Kier alpha value is -2.67. The molecule has 0 spiro atoms. The van der Waals surface area contributed by atoms with Gasteiger partial charge < -0.3 is 15.4 Å². The first-order valence-corrected chi connectivity index (χ1v) is 10.2. The van der Waals surface area contributed by atoms with Crippen LogP contribution in [0.25, 0.3) is 0 Å². The van der Waals surface area contributed by atoms with Crippen LogP contribution in [0, 0.1) is 13.8 Å². The average molecular weight is 401 g/mol. The maximum absolute atomic E-state index is 12.2. The Bertz CT molecular complexity index is 860. The second-order valence-corrected chi connectivity index (χ2v) is 8.07. The largest absolute Gasteiger partial charge is 0.451 e. The predicted octanol–water partition coefficient (Wildman–Crippen LogP) is 3.16. The summed E-state index contributed by atoms with van der Waals surface area (Å²) >= 11 is 1.45. The third-order valence-electron chi connectivity index (χ3n) is 4.72. The van der Waals surface area contributed by atoms with E-state index in [1.54, 1.807) is 0 Å². The molecule has 2 amide bonds. The second-order valence-electron chi connectivity index (χ2n) is 6.93. The van der Waals surface area contributed by atoms with Gasteiger partial charge in [0.15, 0.2) is 6.61 Å². The number of esters is 1. The minimum atomic E-state index is -0.508. The summed E-state index contributed by atoms with van der Waals surface area (Å²) in [5.74, 6) is -1.33. The standard InChI is InChI=1S/C21H24N2O4S/c1-13-6-5-7-14(2)20(13)23-18(24)11-22-19(25)12-27-21(26)17-10-15-8-3-4-9-16(15)28-17/h5-7,10H,3-4,8-9,11-12H2,1-2H3,(H,22,25)(H,23,24). The maximum atomic E-state index is 12.2. The van der Waals surface area contributed by atoms with Crippen LogP contribution in [0.1, 0.15) is 44.1 Å². The molecule has 1 aromatic carbocycles. The number of carbonyl (C=O) groups excluding carboxylic acids is 3. The molecule has 28 heavy (non-hydrogen) atoms. The number of benzene rings is 1. The van der Waals surface area contributed by atoms with E-state index in [4.69, 9.17) is 4.74 Å². The van der Waals surface area contributed by atoms with Crippen LogP contribution in [0.4, 0.5) is 5.69 Å². The SMILES string of the molecule is Cc1cccc(C)c1NC(=O)CNC(=O)COC(=O)c1cc2c(s1)CCCC2. The zero-order valence-electron chi connectivity index (χ0n) is 16.1. The van der Waals surface area contributed by atoms with Gasteiger partial charge in [-0.3, -0.25) is 9.59 Å². The van der Waals surface area contributed by atoms with Crippen molar-refractivity contribution in [2.75, 3.05) is 18.5 Å². The van der Waals surface area contributed by atoms with Gasteiger partial charge in [0, 0.05) is 10.6 Å². The number of amides is 2. The lowest BCUT2D eigenvalue weighted by Crippen LogP contribution is -2.35. The van der Waals surface area contributed by atoms with Gasteiger partial charge in [-0.15, -0.1) is 11.3 Å². The Morgan fingerprint density at radius 3 is 2.50 bits per heavy atom. The van der Waals surface area contributed by atoms with Crippen molar-refractivity contribution in [1.82, 2.24) is 5.32 Å². The molecule has 2 N–H and O–H groups in total. The Kier molecular flexibility index (Phi) is 6.46. The van der Waals surface area contributed by atoms with E-state index in [1.165, 1.54) is 21.8 Å². The van der Waals surface area contributed by atoms with Crippen LogP contribution in [0.5, 0.6) is 0 Å². The third-order valence-corrected chi connectivity index (χ3v) is 5.94. The molecule has 0 atom stereocenters. The number of para-hydroxylation sites is 1. The fraction of sp³-hybridized carbons (Fsp3) is 0.381. The Balaban J connectivity index is 1.43. The molecule has 3 rings (SSSR count). The zero-order chi connectivity index (χ0) is 20.1. The van der Waals surface area contributed by atoms with Crippen molar-refractivity contribution in [3.63, 3.8) is 0 Å². The van der Waals surface area contributed by atoms with Gasteiger partial charge in [0.05, 0.1) is 6.54 Å². The molecule has 148 valence electrons. The molecule has 1 aliphatic carbocycles. The number of carbonyl (C=O) groups is 3. The molecule has 2 aromatic rings. The van der Waals surface area contributed by atoms with E-state index in [9.17, 15) is 14.4 Å². The molecule has 1 aromatic heterocycles. The number of ether oxygens (including phenoxy) is 1. The number of fused-ring (bicyclic) bond motifs is 1. The van der Waals surface area contributed by atoms with Crippen LogP contribution < -0.4 is 10.6 Å². The first-order valence-electron chi connectivity index (χ1n) is 9.35. The third kappa shape index (κ3) is 4.98. The molecule has 1 aliphatic rings. The highest BCUT2D eigenvalue weighted by Crippen LogP contribution is 2.30. The van der Waals surface area contributed by atoms with Crippen LogP contribution in [-0.2, 0) is 27.2 Å².